The van der Waals surface area contributed by atoms with Crippen molar-refractivity contribution in [1.82, 2.24) is 19.4 Å². The van der Waals surface area contributed by atoms with E-state index in [9.17, 15) is 14.0 Å². The van der Waals surface area contributed by atoms with Gasteiger partial charge in [-0.2, -0.15) is 0 Å². The summed E-state index contributed by atoms with van der Waals surface area (Å²) in [5, 5.41) is 3.46. The van der Waals surface area contributed by atoms with Crippen LogP contribution in [0.1, 0.15) is 28.4 Å². The largest absolute Gasteiger partial charge is 0.494 e. The molecule has 9 heteroatoms. The number of halogens is 2. The standard InChI is InChI=1S/C32H36F2N4O3/c1-21-11-9-15-26(33)25(21)19-37-22(2)29(24-14-10-16-28(41-5)30(24)34)31(39)38(32(37)40)20-27(35-17-18-36(3)4)23-12-7-6-8-13-23/h6-16,27,35H,17-20H2,1-5H3/t27-/m0/s1. The summed E-state index contributed by atoms with van der Waals surface area (Å²) in [4.78, 5) is 30.1. The van der Waals surface area contributed by atoms with Gasteiger partial charge in [0.2, 0.25) is 0 Å². The molecule has 0 fully saturated rings. The number of hydrogen-bond acceptors (Lipinski definition) is 5. The Balaban J connectivity index is 1.94. The predicted molar refractivity (Wildman–Crippen MR) is 158 cm³/mol. The lowest BCUT2D eigenvalue weighted by Crippen LogP contribution is -2.45. The number of rotatable bonds is 11. The highest BCUT2D eigenvalue weighted by molar-refractivity contribution is 5.67. The van der Waals surface area contributed by atoms with Crippen LogP contribution in [0.15, 0.2) is 76.3 Å². The maximum Gasteiger partial charge on any atom is 0.331 e. The Morgan fingerprint density at radius 1 is 0.927 bits per heavy atom. The molecule has 0 amide bonds. The molecule has 1 N–H and O–H groups in total. The van der Waals surface area contributed by atoms with E-state index in [4.69, 9.17) is 4.74 Å². The minimum atomic E-state index is -0.710. The lowest BCUT2D eigenvalue weighted by molar-refractivity contribution is 0.366. The molecule has 3 aromatic carbocycles. The molecule has 0 saturated heterocycles. The van der Waals surface area contributed by atoms with E-state index >= 15 is 4.39 Å². The van der Waals surface area contributed by atoms with Crippen molar-refractivity contribution < 1.29 is 13.5 Å². The second kappa shape index (κ2) is 13.1. The van der Waals surface area contributed by atoms with Crippen LogP contribution in [0.3, 0.4) is 0 Å². The average molecular weight is 563 g/mol. The molecule has 0 aliphatic rings. The third-order valence-electron chi connectivity index (χ3n) is 7.33. The summed E-state index contributed by atoms with van der Waals surface area (Å²) in [5.74, 6) is -1.20. The Morgan fingerprint density at radius 3 is 2.29 bits per heavy atom. The van der Waals surface area contributed by atoms with E-state index in [1.165, 1.54) is 29.9 Å². The zero-order valence-corrected chi connectivity index (χ0v) is 24.1. The van der Waals surface area contributed by atoms with E-state index in [0.717, 1.165) is 16.7 Å². The minimum Gasteiger partial charge on any atom is -0.494 e. The molecule has 1 heterocycles. The van der Waals surface area contributed by atoms with Gasteiger partial charge in [-0.05, 0) is 51.2 Å². The number of methoxy groups -OCH3 is 1. The van der Waals surface area contributed by atoms with E-state index in [0.29, 0.717) is 17.7 Å². The number of hydrogen-bond donors (Lipinski definition) is 1. The molecular weight excluding hydrogens is 526 g/mol. The Kier molecular flexibility index (Phi) is 9.52. The fourth-order valence-electron chi connectivity index (χ4n) is 4.96. The van der Waals surface area contributed by atoms with Crippen molar-refractivity contribution in [2.75, 3.05) is 34.3 Å². The molecule has 216 valence electrons. The monoisotopic (exact) mass is 562 g/mol. The van der Waals surface area contributed by atoms with Gasteiger partial charge in [-0.15, -0.1) is 0 Å². The summed E-state index contributed by atoms with van der Waals surface area (Å²) < 4.78 is 38.1. The van der Waals surface area contributed by atoms with Crippen molar-refractivity contribution in [3.8, 4) is 16.9 Å². The first kappa shape index (κ1) is 29.9. The third kappa shape index (κ3) is 6.47. The van der Waals surface area contributed by atoms with Crippen molar-refractivity contribution in [3.63, 3.8) is 0 Å². The molecule has 1 aromatic heterocycles. The van der Waals surface area contributed by atoms with Crippen LogP contribution in [0.2, 0.25) is 0 Å². The first-order valence-electron chi connectivity index (χ1n) is 13.5. The van der Waals surface area contributed by atoms with Crippen LogP contribution in [-0.2, 0) is 13.1 Å². The highest BCUT2D eigenvalue weighted by Crippen LogP contribution is 2.29. The third-order valence-corrected chi connectivity index (χ3v) is 7.33. The Hall–Kier alpha value is -4.08. The summed E-state index contributed by atoms with van der Waals surface area (Å²) in [6.45, 7) is 4.56. The van der Waals surface area contributed by atoms with Gasteiger partial charge in [-0.3, -0.25) is 13.9 Å². The molecule has 0 aliphatic carbocycles. The van der Waals surface area contributed by atoms with Gasteiger partial charge in [0.05, 0.1) is 31.8 Å². The smallest absolute Gasteiger partial charge is 0.331 e. The molecular formula is C32H36F2N4O3. The first-order chi connectivity index (χ1) is 19.6. The fourth-order valence-corrected chi connectivity index (χ4v) is 4.96. The van der Waals surface area contributed by atoms with Crippen LogP contribution in [-0.4, -0.2) is 48.3 Å². The molecule has 1 atom stereocenters. The van der Waals surface area contributed by atoms with E-state index in [2.05, 4.69) is 5.32 Å². The van der Waals surface area contributed by atoms with Crippen LogP contribution >= 0.6 is 0 Å². The van der Waals surface area contributed by atoms with Gasteiger partial charge in [-0.25, -0.2) is 13.6 Å². The highest BCUT2D eigenvalue weighted by Gasteiger charge is 2.24. The molecule has 0 bridgehead atoms. The second-order valence-corrected chi connectivity index (χ2v) is 10.3. The predicted octanol–water partition coefficient (Wildman–Crippen LogP) is 4.52. The summed E-state index contributed by atoms with van der Waals surface area (Å²) in [6, 6.07) is 18.4. The Bertz CT molecular complexity index is 1610. The number of nitrogens with zero attached hydrogens (tertiary/aromatic N) is 3. The normalized spacial score (nSPS) is 12.1. The van der Waals surface area contributed by atoms with Gasteiger partial charge in [0.25, 0.3) is 5.56 Å². The van der Waals surface area contributed by atoms with Crippen molar-refractivity contribution in [1.29, 1.82) is 0 Å². The zero-order chi connectivity index (χ0) is 29.7. The zero-order valence-electron chi connectivity index (χ0n) is 24.1. The Labute approximate surface area is 238 Å². The summed E-state index contributed by atoms with van der Waals surface area (Å²) >= 11 is 0. The van der Waals surface area contributed by atoms with E-state index < -0.39 is 28.9 Å². The van der Waals surface area contributed by atoms with Crippen molar-refractivity contribution in [2.45, 2.75) is 33.0 Å². The van der Waals surface area contributed by atoms with Gasteiger partial charge in [0.1, 0.15) is 5.82 Å². The number of likely N-dealkylation sites (N-methyl/N-ethyl adjacent to an activating group) is 1. The van der Waals surface area contributed by atoms with Gasteiger partial charge in [-0.1, -0.05) is 54.6 Å². The number of ether oxygens (including phenoxy) is 1. The van der Waals surface area contributed by atoms with Gasteiger partial charge < -0.3 is 15.0 Å². The highest BCUT2D eigenvalue weighted by atomic mass is 19.1. The Morgan fingerprint density at radius 2 is 1.63 bits per heavy atom. The molecule has 0 spiro atoms. The van der Waals surface area contributed by atoms with Gasteiger partial charge in [0.15, 0.2) is 11.6 Å². The molecule has 0 unspecified atom stereocenters. The average Bonchev–Trinajstić information content (AvgIpc) is 2.95. The second-order valence-electron chi connectivity index (χ2n) is 10.3. The van der Waals surface area contributed by atoms with E-state index in [1.54, 1.807) is 32.0 Å². The first-order valence-corrected chi connectivity index (χ1v) is 13.5. The minimum absolute atomic E-state index is 0.00969. The van der Waals surface area contributed by atoms with Crippen LogP contribution in [0.25, 0.3) is 11.1 Å². The summed E-state index contributed by atoms with van der Waals surface area (Å²) in [6.07, 6.45) is 0. The van der Waals surface area contributed by atoms with Gasteiger partial charge in [0, 0.05) is 29.9 Å². The van der Waals surface area contributed by atoms with Crippen LogP contribution in [0.5, 0.6) is 5.75 Å². The summed E-state index contributed by atoms with van der Waals surface area (Å²) in [7, 11) is 5.27. The number of benzene rings is 3. The molecule has 4 rings (SSSR count). The lowest BCUT2D eigenvalue weighted by Gasteiger charge is -2.24. The molecule has 0 radical (unpaired) electrons. The topological polar surface area (TPSA) is 68.5 Å². The van der Waals surface area contributed by atoms with E-state index in [1.807, 2.05) is 49.3 Å². The maximum atomic E-state index is 15.6. The fraction of sp³-hybridized carbons (Fsp3) is 0.312. The molecule has 4 aromatic rings. The molecule has 0 saturated carbocycles. The molecule has 7 nitrogen and oxygen atoms in total. The van der Waals surface area contributed by atoms with Crippen molar-refractivity contribution >= 4 is 0 Å². The SMILES string of the molecule is COc1cccc(-c2c(C)n(Cc3c(C)cccc3F)c(=O)n(C[C@H](NCCN(C)C)c3ccccc3)c2=O)c1F. The van der Waals surface area contributed by atoms with Crippen molar-refractivity contribution in [2.24, 2.45) is 0 Å². The lowest BCUT2D eigenvalue weighted by atomic mass is 10.0. The number of nitrogens with one attached hydrogen (secondary N) is 1. The van der Waals surface area contributed by atoms with Crippen LogP contribution in [0.4, 0.5) is 8.78 Å². The maximum absolute atomic E-state index is 15.6. The molecule has 0 aliphatic heterocycles. The number of aromatic nitrogens is 2. The summed E-state index contributed by atoms with van der Waals surface area (Å²) in [5.41, 5.74) is 0.923. The molecule has 41 heavy (non-hydrogen) atoms. The van der Waals surface area contributed by atoms with Gasteiger partial charge >= 0.3 is 5.69 Å². The quantitative estimate of drug-likeness (QED) is 0.291. The van der Waals surface area contributed by atoms with Crippen molar-refractivity contribution in [3.05, 3.63) is 122 Å². The van der Waals surface area contributed by atoms with E-state index in [-0.39, 0.29) is 35.7 Å². The van der Waals surface area contributed by atoms with Crippen LogP contribution in [0, 0.1) is 25.5 Å². The number of aryl methyl sites for hydroxylation is 1. The van der Waals surface area contributed by atoms with Crippen LogP contribution < -0.4 is 21.3 Å².